The zero-order valence-electron chi connectivity index (χ0n) is 24.8. The standard InChI is InChI=1S/C30H53N5O5/c1-2-3-20-32-22-24-33(25-23-32)29-19-18-28(27-31-29)30(36)34(37)21-16-14-12-10-8-6-4-5-7-9-11-13-15-17-26-40-35(38)39/h18-19,27,34H,2-17,20-26H2,1H3. The zero-order valence-corrected chi connectivity index (χ0v) is 24.8. The first-order chi connectivity index (χ1) is 19.5. The number of hydrogen-bond donors (Lipinski definition) is 1. The van der Waals surface area contributed by atoms with Crippen molar-refractivity contribution in [3.63, 3.8) is 0 Å². The van der Waals surface area contributed by atoms with Crippen LogP contribution >= 0.6 is 0 Å². The molecule has 2 heterocycles. The van der Waals surface area contributed by atoms with Crippen molar-refractivity contribution in [2.24, 2.45) is 0 Å². The second-order valence-corrected chi connectivity index (χ2v) is 11.1. The molecule has 40 heavy (non-hydrogen) atoms. The van der Waals surface area contributed by atoms with Gasteiger partial charge in [-0.15, -0.1) is 10.1 Å². The Morgan fingerprint density at radius 1 is 0.875 bits per heavy atom. The fourth-order valence-corrected chi connectivity index (χ4v) is 5.21. The summed E-state index contributed by atoms with van der Waals surface area (Å²) in [5.41, 5.74) is 0.401. The monoisotopic (exact) mass is 563 g/mol. The summed E-state index contributed by atoms with van der Waals surface area (Å²) >= 11 is 0. The maximum absolute atomic E-state index is 12.6. The summed E-state index contributed by atoms with van der Waals surface area (Å²) in [5, 5.41) is 21.4. The number of anilines is 1. The smallest absolute Gasteiger partial charge is 0.345 e. The quantitative estimate of drug-likeness (QED) is 0.110. The van der Waals surface area contributed by atoms with E-state index in [9.17, 15) is 20.1 Å². The lowest BCUT2D eigenvalue weighted by atomic mass is 10.0. The number of unbranched alkanes of at least 4 members (excludes halogenated alkanes) is 14. The zero-order chi connectivity index (χ0) is 28.8. The maximum Gasteiger partial charge on any atom is 0.345 e. The molecule has 1 atom stereocenters. The first kappa shape index (κ1) is 33.9. The van der Waals surface area contributed by atoms with Crippen LogP contribution in [0.2, 0.25) is 0 Å². The van der Waals surface area contributed by atoms with Gasteiger partial charge in [-0.3, -0.25) is 4.90 Å². The molecule has 0 aliphatic carbocycles. The van der Waals surface area contributed by atoms with Gasteiger partial charge in [-0.2, -0.15) is 0 Å². The fourth-order valence-electron chi connectivity index (χ4n) is 5.21. The molecule has 1 aliphatic rings. The predicted octanol–water partition coefficient (Wildman–Crippen LogP) is 5.20. The van der Waals surface area contributed by atoms with Gasteiger partial charge >= 0.3 is 5.91 Å². The van der Waals surface area contributed by atoms with Gasteiger partial charge in [0.05, 0.1) is 18.7 Å². The number of carbonyl (C=O) groups excluding carboxylic acids is 1. The van der Waals surface area contributed by atoms with Crippen LogP contribution in [-0.4, -0.2) is 66.8 Å². The summed E-state index contributed by atoms with van der Waals surface area (Å²) in [6, 6.07) is 3.63. The number of piperazine rings is 1. The van der Waals surface area contributed by atoms with Crippen LogP contribution in [0, 0.1) is 15.3 Å². The van der Waals surface area contributed by atoms with E-state index in [4.69, 9.17) is 0 Å². The Balaban J connectivity index is 1.43. The van der Waals surface area contributed by atoms with Gasteiger partial charge in [-0.05, 0) is 44.4 Å². The Hall–Kier alpha value is -2.30. The van der Waals surface area contributed by atoms with E-state index in [2.05, 4.69) is 26.5 Å². The largest absolute Gasteiger partial charge is 0.626 e. The highest BCUT2D eigenvalue weighted by molar-refractivity contribution is 5.87. The Kier molecular flexibility index (Phi) is 18.2. The van der Waals surface area contributed by atoms with Crippen LogP contribution in [0.25, 0.3) is 0 Å². The summed E-state index contributed by atoms with van der Waals surface area (Å²) in [7, 11) is 0. The number of aromatic nitrogens is 1. The molecule has 1 amide bonds. The van der Waals surface area contributed by atoms with Gasteiger partial charge in [0, 0.05) is 32.4 Å². The van der Waals surface area contributed by atoms with Crippen LogP contribution in [0.4, 0.5) is 5.82 Å². The van der Waals surface area contributed by atoms with E-state index in [1.165, 1.54) is 64.2 Å². The van der Waals surface area contributed by atoms with Crippen LogP contribution < -0.4 is 9.96 Å². The van der Waals surface area contributed by atoms with E-state index in [1.807, 2.05) is 6.07 Å². The molecule has 10 nitrogen and oxygen atoms in total. The molecule has 2 rings (SSSR count). The van der Waals surface area contributed by atoms with E-state index >= 15 is 0 Å². The van der Waals surface area contributed by atoms with Crippen LogP contribution in [-0.2, 0) is 4.84 Å². The number of hydroxylamine groups is 2. The van der Waals surface area contributed by atoms with Gasteiger partial charge in [-0.1, -0.05) is 84.0 Å². The average Bonchev–Trinajstić information content (AvgIpc) is 2.97. The normalized spacial score (nSPS) is 14.8. The number of rotatable bonds is 23. The molecule has 1 aliphatic heterocycles. The third-order valence-corrected chi connectivity index (χ3v) is 7.78. The van der Waals surface area contributed by atoms with E-state index in [1.54, 1.807) is 12.3 Å². The molecule has 1 aromatic heterocycles. The Morgan fingerprint density at radius 2 is 1.43 bits per heavy atom. The molecule has 0 saturated carbocycles. The van der Waals surface area contributed by atoms with Gasteiger partial charge in [0.15, 0.2) is 0 Å². The maximum atomic E-state index is 12.6. The predicted molar refractivity (Wildman–Crippen MR) is 159 cm³/mol. The van der Waals surface area contributed by atoms with Crippen molar-refractivity contribution in [1.29, 1.82) is 0 Å². The van der Waals surface area contributed by atoms with Crippen molar-refractivity contribution in [1.82, 2.24) is 9.88 Å². The molecule has 0 spiro atoms. The van der Waals surface area contributed by atoms with Crippen molar-refractivity contribution in [3.8, 4) is 0 Å². The Labute approximate surface area is 241 Å². The number of quaternary nitrogens is 1. The molecular weight excluding hydrogens is 510 g/mol. The highest BCUT2D eigenvalue weighted by atomic mass is 16.9. The van der Waals surface area contributed by atoms with E-state index < -0.39 is 11.0 Å². The number of nitrogens with one attached hydrogen (secondary N) is 1. The molecular formula is C30H53N5O5. The molecule has 228 valence electrons. The highest BCUT2D eigenvalue weighted by Gasteiger charge is 2.19. The van der Waals surface area contributed by atoms with E-state index in [-0.39, 0.29) is 11.7 Å². The topological polar surface area (TPSA) is 116 Å². The van der Waals surface area contributed by atoms with Crippen molar-refractivity contribution < 1.29 is 19.8 Å². The summed E-state index contributed by atoms with van der Waals surface area (Å²) in [5.74, 6) is 0.474. The minimum Gasteiger partial charge on any atom is -0.626 e. The number of hydrogen-bond acceptors (Lipinski definition) is 8. The van der Waals surface area contributed by atoms with Crippen LogP contribution in [0.1, 0.15) is 120 Å². The molecule has 0 aromatic carbocycles. The van der Waals surface area contributed by atoms with Gasteiger partial charge in [0.2, 0.25) is 0 Å². The molecule has 0 radical (unpaired) electrons. The summed E-state index contributed by atoms with van der Waals surface area (Å²) in [6.45, 7) is 7.88. The number of pyridine rings is 1. The number of amides is 1. The number of nitrogens with zero attached hydrogens (tertiary/aromatic N) is 4. The molecule has 10 heteroatoms. The summed E-state index contributed by atoms with van der Waals surface area (Å²) < 4.78 is 0. The fraction of sp³-hybridized carbons (Fsp3) is 0.800. The molecule has 1 aromatic rings. The molecule has 1 fully saturated rings. The number of carbonyl (C=O) groups is 1. The van der Waals surface area contributed by atoms with Crippen LogP contribution in [0.5, 0.6) is 0 Å². The van der Waals surface area contributed by atoms with Crippen LogP contribution in [0.15, 0.2) is 18.3 Å². The first-order valence-electron chi connectivity index (χ1n) is 15.8. The third kappa shape index (κ3) is 14.9. The van der Waals surface area contributed by atoms with Crippen molar-refractivity contribution >= 4 is 11.7 Å². The lowest BCUT2D eigenvalue weighted by molar-refractivity contribution is -0.757. The van der Waals surface area contributed by atoms with Gasteiger partial charge < -0.3 is 20.0 Å². The molecule has 1 unspecified atom stereocenters. The summed E-state index contributed by atoms with van der Waals surface area (Å²) in [4.78, 5) is 36.2. The van der Waals surface area contributed by atoms with E-state index in [0.29, 0.717) is 12.1 Å². The van der Waals surface area contributed by atoms with Crippen LogP contribution in [0.3, 0.4) is 0 Å². The minimum absolute atomic E-state index is 0.214. The average molecular weight is 564 g/mol. The Morgan fingerprint density at radius 3 is 1.93 bits per heavy atom. The van der Waals surface area contributed by atoms with Crippen molar-refractivity contribution in [2.45, 2.75) is 110 Å². The SMILES string of the molecule is CCCCN1CCN(c2ccc(C(=O)[NH+]([O-])CCCCCCCCCCCCCCCCO[N+](=O)[O-])cn2)CC1. The molecule has 1 N–H and O–H groups in total. The van der Waals surface area contributed by atoms with Gasteiger partial charge in [0.1, 0.15) is 5.82 Å². The summed E-state index contributed by atoms with van der Waals surface area (Å²) in [6.07, 6.45) is 19.7. The first-order valence-corrected chi connectivity index (χ1v) is 15.8. The lowest BCUT2D eigenvalue weighted by Crippen LogP contribution is -3.10. The highest BCUT2D eigenvalue weighted by Crippen LogP contribution is 2.15. The van der Waals surface area contributed by atoms with Gasteiger partial charge in [0.25, 0.3) is 5.09 Å². The van der Waals surface area contributed by atoms with Crippen molar-refractivity contribution in [3.05, 3.63) is 39.2 Å². The Bertz CT molecular complexity index is 802. The van der Waals surface area contributed by atoms with E-state index in [0.717, 1.165) is 77.1 Å². The lowest BCUT2D eigenvalue weighted by Gasteiger charge is -2.35. The molecule has 0 bridgehead atoms. The second kappa shape index (κ2) is 21.4. The second-order valence-electron chi connectivity index (χ2n) is 11.1. The minimum atomic E-state index is -0.723. The third-order valence-electron chi connectivity index (χ3n) is 7.78. The van der Waals surface area contributed by atoms with Crippen molar-refractivity contribution in [2.75, 3.05) is 50.8 Å². The van der Waals surface area contributed by atoms with Gasteiger partial charge in [-0.25, -0.2) is 9.78 Å². The molecule has 1 saturated heterocycles.